The topological polar surface area (TPSA) is 17.1 Å². The molecule has 4 heteroatoms. The second-order valence-electron chi connectivity index (χ2n) is 1.38. The van der Waals surface area contributed by atoms with Crippen LogP contribution in [0, 0.1) is 0 Å². The van der Waals surface area contributed by atoms with Crippen LogP contribution in [0.5, 0.6) is 0 Å². The molecule has 1 nitrogen and oxygen atoms in total. The van der Waals surface area contributed by atoms with Gasteiger partial charge in [0.15, 0.2) is 10.1 Å². The first-order valence-electron chi connectivity index (χ1n) is 2.15. The van der Waals surface area contributed by atoms with E-state index in [-0.39, 0.29) is 5.88 Å². The van der Waals surface area contributed by atoms with E-state index in [9.17, 15) is 4.79 Å². The second-order valence-corrected chi connectivity index (χ2v) is 3.04. The van der Waals surface area contributed by atoms with Crippen LogP contribution in [0.4, 0.5) is 0 Å². The molecule has 52 valence electrons. The largest absolute Gasteiger partial charge is 0.295 e. The first-order valence-corrected chi connectivity index (χ1v) is 3.44. The Kier molecular flexibility index (Phi) is 3.56. The molecule has 0 fully saturated rings. The molecule has 0 aromatic carbocycles. The highest BCUT2D eigenvalue weighted by molar-refractivity contribution is 6.61. The lowest BCUT2D eigenvalue weighted by Crippen LogP contribution is -2.23. The molecule has 9 heavy (non-hydrogen) atoms. The van der Waals surface area contributed by atoms with Crippen molar-refractivity contribution in [2.24, 2.45) is 0 Å². The van der Waals surface area contributed by atoms with Crippen molar-refractivity contribution in [1.82, 2.24) is 0 Å². The number of carbonyl (C=O) groups excluding carboxylic acids is 1. The third-order valence-electron chi connectivity index (χ3n) is 0.750. The summed E-state index contributed by atoms with van der Waals surface area (Å²) in [5, 5.41) is 0. The van der Waals surface area contributed by atoms with E-state index in [0.717, 1.165) is 6.08 Å². The molecule has 0 bridgehead atoms. The lowest BCUT2D eigenvalue weighted by atomic mass is 10.3. The number of Topliss-reactive ketones (excluding diaryl/α,β-unsaturated/α-hetero) is 1. The first-order chi connectivity index (χ1) is 4.04. The molecule has 0 saturated heterocycles. The number of carbonyl (C=O) groups is 1. The number of rotatable bonds is 3. The SMILES string of the molecule is C=CC(Cl)(Cl)C(=O)CCl. The van der Waals surface area contributed by atoms with Gasteiger partial charge in [-0.2, -0.15) is 0 Å². The molecule has 0 amide bonds. The summed E-state index contributed by atoms with van der Waals surface area (Å²) < 4.78 is -1.51. The summed E-state index contributed by atoms with van der Waals surface area (Å²) in [7, 11) is 0. The minimum atomic E-state index is -1.51. The smallest absolute Gasteiger partial charge is 0.194 e. The van der Waals surface area contributed by atoms with Crippen molar-refractivity contribution in [2.45, 2.75) is 4.33 Å². The van der Waals surface area contributed by atoms with Crippen LogP contribution in [0.2, 0.25) is 0 Å². The number of ketones is 1. The van der Waals surface area contributed by atoms with Gasteiger partial charge in [-0.25, -0.2) is 0 Å². The minimum Gasteiger partial charge on any atom is -0.295 e. The fourth-order valence-electron chi connectivity index (χ4n) is 0.203. The predicted octanol–water partition coefficient (Wildman–Crippen LogP) is 2.15. The number of hydrogen-bond donors (Lipinski definition) is 0. The summed E-state index contributed by atoms with van der Waals surface area (Å²) in [5.41, 5.74) is 0. The molecule has 0 aromatic rings. The van der Waals surface area contributed by atoms with Gasteiger partial charge in [-0.15, -0.1) is 11.6 Å². The van der Waals surface area contributed by atoms with E-state index in [1.54, 1.807) is 0 Å². The van der Waals surface area contributed by atoms with Gasteiger partial charge >= 0.3 is 0 Å². The average molecular weight is 187 g/mol. The van der Waals surface area contributed by atoms with Gasteiger partial charge in [-0.3, -0.25) is 4.79 Å². The molecule has 0 aliphatic carbocycles. The fraction of sp³-hybridized carbons (Fsp3) is 0.400. The molecule has 0 radical (unpaired) electrons. The third kappa shape index (κ3) is 2.57. The lowest BCUT2D eigenvalue weighted by molar-refractivity contribution is -0.116. The summed E-state index contributed by atoms with van der Waals surface area (Å²) in [6.45, 7) is 3.26. The molecular weight excluding hydrogens is 182 g/mol. The Morgan fingerprint density at radius 2 is 2.11 bits per heavy atom. The third-order valence-corrected chi connectivity index (χ3v) is 1.72. The molecule has 0 N–H and O–H groups in total. The molecule has 0 aliphatic heterocycles. The van der Waals surface area contributed by atoms with Gasteiger partial charge in [-0.05, 0) is 6.08 Å². The van der Waals surface area contributed by atoms with Gasteiger partial charge in [0.2, 0.25) is 0 Å². The van der Waals surface area contributed by atoms with Crippen molar-refractivity contribution in [1.29, 1.82) is 0 Å². The number of hydrogen-bond acceptors (Lipinski definition) is 1. The maximum atomic E-state index is 10.6. The summed E-state index contributed by atoms with van der Waals surface area (Å²) in [6.07, 6.45) is 1.14. The van der Waals surface area contributed by atoms with Crippen molar-refractivity contribution in [3.05, 3.63) is 12.7 Å². The zero-order chi connectivity index (χ0) is 7.49. The van der Waals surface area contributed by atoms with Crippen molar-refractivity contribution in [3.8, 4) is 0 Å². The van der Waals surface area contributed by atoms with Crippen LogP contribution >= 0.6 is 34.8 Å². The van der Waals surface area contributed by atoms with Crippen LogP contribution in [-0.4, -0.2) is 16.0 Å². The molecule has 0 spiro atoms. The molecule has 0 unspecified atom stereocenters. The Morgan fingerprint density at radius 1 is 1.67 bits per heavy atom. The predicted molar refractivity (Wildman–Crippen MR) is 40.4 cm³/mol. The molecule has 0 aliphatic rings. The Balaban J connectivity index is 4.14. The van der Waals surface area contributed by atoms with Crippen LogP contribution in [-0.2, 0) is 4.79 Å². The summed E-state index contributed by atoms with van der Waals surface area (Å²) in [5.74, 6) is -0.651. The number of halogens is 3. The van der Waals surface area contributed by atoms with E-state index in [4.69, 9.17) is 34.8 Å². The van der Waals surface area contributed by atoms with Crippen molar-refractivity contribution in [2.75, 3.05) is 5.88 Å². The highest BCUT2D eigenvalue weighted by atomic mass is 35.5. The summed E-state index contributed by atoms with van der Waals surface area (Å²) in [4.78, 5) is 10.6. The van der Waals surface area contributed by atoms with E-state index in [1.165, 1.54) is 0 Å². The Hall–Kier alpha value is 0.280. The Bertz CT molecular complexity index is 130. The van der Waals surface area contributed by atoms with E-state index in [0.29, 0.717) is 0 Å². The van der Waals surface area contributed by atoms with Crippen molar-refractivity contribution >= 4 is 40.6 Å². The molecule has 0 saturated carbocycles. The van der Waals surface area contributed by atoms with Crippen LogP contribution in [0.1, 0.15) is 0 Å². The molecule has 0 rings (SSSR count). The molecule has 0 heterocycles. The summed E-state index contributed by atoms with van der Waals surface area (Å²) in [6, 6.07) is 0. The van der Waals surface area contributed by atoms with Crippen molar-refractivity contribution < 1.29 is 4.79 Å². The van der Waals surface area contributed by atoms with Crippen molar-refractivity contribution in [3.63, 3.8) is 0 Å². The van der Waals surface area contributed by atoms with E-state index in [1.807, 2.05) is 0 Å². The maximum absolute atomic E-state index is 10.6. The lowest BCUT2D eigenvalue weighted by Gasteiger charge is -2.08. The van der Waals surface area contributed by atoms with Gasteiger partial charge in [0, 0.05) is 0 Å². The van der Waals surface area contributed by atoms with Gasteiger partial charge in [-0.1, -0.05) is 29.8 Å². The maximum Gasteiger partial charge on any atom is 0.194 e. The van der Waals surface area contributed by atoms with E-state index < -0.39 is 10.1 Å². The Labute approximate surface area is 68.6 Å². The highest BCUT2D eigenvalue weighted by Crippen LogP contribution is 2.23. The molecule has 0 aromatic heterocycles. The number of allylic oxidation sites excluding steroid dienone is 1. The van der Waals surface area contributed by atoms with Gasteiger partial charge in [0.1, 0.15) is 0 Å². The van der Waals surface area contributed by atoms with Crippen LogP contribution in [0.15, 0.2) is 12.7 Å². The number of alkyl halides is 3. The first kappa shape index (κ1) is 9.28. The zero-order valence-corrected chi connectivity index (χ0v) is 6.80. The average Bonchev–Trinajstić information content (AvgIpc) is 1.86. The summed E-state index contributed by atoms with van der Waals surface area (Å²) >= 11 is 15.9. The Morgan fingerprint density at radius 3 is 2.22 bits per heavy atom. The zero-order valence-electron chi connectivity index (χ0n) is 4.53. The minimum absolute atomic E-state index is 0.195. The van der Waals surface area contributed by atoms with Gasteiger partial charge in [0.25, 0.3) is 0 Å². The monoisotopic (exact) mass is 186 g/mol. The normalized spacial score (nSPS) is 11.0. The molecular formula is C5H5Cl3O. The van der Waals surface area contributed by atoms with Crippen LogP contribution < -0.4 is 0 Å². The van der Waals surface area contributed by atoms with Crippen LogP contribution in [0.25, 0.3) is 0 Å². The highest BCUT2D eigenvalue weighted by Gasteiger charge is 2.27. The standard InChI is InChI=1S/C5H5Cl3O/c1-2-5(7,8)4(9)3-6/h2H,1,3H2. The van der Waals surface area contributed by atoms with E-state index in [2.05, 4.69) is 6.58 Å². The van der Waals surface area contributed by atoms with Crippen LogP contribution in [0.3, 0.4) is 0 Å². The quantitative estimate of drug-likeness (QED) is 0.489. The van der Waals surface area contributed by atoms with E-state index >= 15 is 0 Å². The molecule has 0 atom stereocenters. The van der Waals surface area contributed by atoms with Gasteiger partial charge < -0.3 is 0 Å². The fourth-order valence-corrected chi connectivity index (χ4v) is 0.684. The van der Waals surface area contributed by atoms with Gasteiger partial charge in [0.05, 0.1) is 5.88 Å². The second kappa shape index (κ2) is 3.45.